The molecule has 4 heteroatoms. The third-order valence-corrected chi connectivity index (χ3v) is 3.94. The molecule has 0 atom stereocenters. The molecular formula is C12H13BrN2S. The number of anilines is 1. The van der Waals surface area contributed by atoms with E-state index < -0.39 is 0 Å². The molecule has 2 aromatic rings. The minimum atomic E-state index is 0.847. The van der Waals surface area contributed by atoms with Gasteiger partial charge < -0.3 is 5.32 Å². The maximum atomic E-state index is 4.27. The number of pyridine rings is 1. The predicted octanol–water partition coefficient (Wildman–Crippen LogP) is 4.08. The van der Waals surface area contributed by atoms with Gasteiger partial charge in [-0.1, -0.05) is 6.92 Å². The molecule has 0 bridgehead atoms. The van der Waals surface area contributed by atoms with E-state index in [1.54, 1.807) is 6.20 Å². The van der Waals surface area contributed by atoms with Crippen LogP contribution in [0.25, 0.3) is 0 Å². The van der Waals surface area contributed by atoms with Crippen LogP contribution >= 0.6 is 27.3 Å². The summed E-state index contributed by atoms with van der Waals surface area (Å²) in [7, 11) is 0. The number of halogens is 1. The largest absolute Gasteiger partial charge is 0.365 e. The van der Waals surface area contributed by atoms with E-state index in [1.165, 1.54) is 9.75 Å². The Morgan fingerprint density at radius 3 is 2.69 bits per heavy atom. The standard InChI is InChI=1S/C12H13BrN2S/c1-2-10-4-5-11(16-10)8-15-12-6-3-9(13)7-14-12/h3-7H,2,8H2,1H3,(H,14,15). The fourth-order valence-corrected chi connectivity index (χ4v) is 2.50. The van der Waals surface area contributed by atoms with E-state index in [2.05, 4.69) is 45.3 Å². The van der Waals surface area contributed by atoms with Crippen LogP contribution in [0.3, 0.4) is 0 Å². The van der Waals surface area contributed by atoms with Crippen molar-refractivity contribution in [1.29, 1.82) is 0 Å². The summed E-state index contributed by atoms with van der Waals surface area (Å²) in [6.07, 6.45) is 2.91. The second kappa shape index (κ2) is 5.46. The molecular weight excluding hydrogens is 284 g/mol. The molecule has 0 aliphatic rings. The zero-order chi connectivity index (χ0) is 11.4. The maximum absolute atomic E-state index is 4.27. The minimum absolute atomic E-state index is 0.847. The van der Waals surface area contributed by atoms with Gasteiger partial charge >= 0.3 is 0 Å². The summed E-state index contributed by atoms with van der Waals surface area (Å²) < 4.78 is 1.00. The third kappa shape index (κ3) is 3.06. The van der Waals surface area contributed by atoms with Gasteiger partial charge in [-0.15, -0.1) is 11.3 Å². The molecule has 0 aromatic carbocycles. The average molecular weight is 297 g/mol. The van der Waals surface area contributed by atoms with Crippen LogP contribution in [0, 0.1) is 0 Å². The Hall–Kier alpha value is -0.870. The van der Waals surface area contributed by atoms with E-state index in [0.717, 1.165) is 23.3 Å². The van der Waals surface area contributed by atoms with Crippen LogP contribution in [-0.2, 0) is 13.0 Å². The normalized spacial score (nSPS) is 10.4. The summed E-state index contributed by atoms with van der Waals surface area (Å²) in [4.78, 5) is 7.05. The molecule has 0 unspecified atom stereocenters. The number of hydrogen-bond donors (Lipinski definition) is 1. The molecule has 84 valence electrons. The molecule has 0 saturated heterocycles. The van der Waals surface area contributed by atoms with E-state index in [0.29, 0.717) is 0 Å². The van der Waals surface area contributed by atoms with E-state index in [-0.39, 0.29) is 0 Å². The van der Waals surface area contributed by atoms with Crippen LogP contribution in [-0.4, -0.2) is 4.98 Å². The quantitative estimate of drug-likeness (QED) is 0.919. The number of rotatable bonds is 4. The van der Waals surface area contributed by atoms with Crippen LogP contribution < -0.4 is 5.32 Å². The predicted molar refractivity (Wildman–Crippen MR) is 73.0 cm³/mol. The van der Waals surface area contributed by atoms with Crippen LogP contribution in [0.15, 0.2) is 34.9 Å². The number of nitrogens with zero attached hydrogens (tertiary/aromatic N) is 1. The molecule has 0 spiro atoms. The number of aromatic nitrogens is 1. The molecule has 0 saturated carbocycles. The number of hydrogen-bond acceptors (Lipinski definition) is 3. The van der Waals surface area contributed by atoms with Crippen LogP contribution in [0.1, 0.15) is 16.7 Å². The molecule has 0 aliphatic carbocycles. The van der Waals surface area contributed by atoms with Crippen molar-refractivity contribution >= 4 is 33.1 Å². The fourth-order valence-electron chi connectivity index (χ4n) is 1.37. The molecule has 2 rings (SSSR count). The van der Waals surface area contributed by atoms with Gasteiger partial charge in [0.15, 0.2) is 0 Å². The van der Waals surface area contributed by atoms with Gasteiger partial charge in [0.1, 0.15) is 5.82 Å². The zero-order valence-electron chi connectivity index (χ0n) is 9.03. The van der Waals surface area contributed by atoms with Crippen molar-refractivity contribution in [3.8, 4) is 0 Å². The van der Waals surface area contributed by atoms with Gasteiger partial charge in [0, 0.05) is 20.4 Å². The molecule has 0 radical (unpaired) electrons. The first kappa shape index (κ1) is 11.6. The van der Waals surface area contributed by atoms with Crippen molar-refractivity contribution in [1.82, 2.24) is 4.98 Å². The Kier molecular flexibility index (Phi) is 3.96. The monoisotopic (exact) mass is 296 g/mol. The first-order valence-corrected chi connectivity index (χ1v) is 6.82. The molecule has 2 heterocycles. The van der Waals surface area contributed by atoms with Gasteiger partial charge in [0.05, 0.1) is 6.54 Å². The fraction of sp³-hybridized carbons (Fsp3) is 0.250. The summed E-state index contributed by atoms with van der Waals surface area (Å²) >= 11 is 5.22. The van der Waals surface area contributed by atoms with Crippen LogP contribution in [0.4, 0.5) is 5.82 Å². The molecule has 2 aromatic heterocycles. The van der Waals surface area contributed by atoms with Crippen molar-refractivity contribution in [3.05, 3.63) is 44.7 Å². The topological polar surface area (TPSA) is 24.9 Å². The number of thiophene rings is 1. The SMILES string of the molecule is CCc1ccc(CNc2ccc(Br)cn2)s1. The maximum Gasteiger partial charge on any atom is 0.126 e. The summed E-state index contributed by atoms with van der Waals surface area (Å²) in [6.45, 7) is 3.03. The van der Waals surface area contributed by atoms with Gasteiger partial charge in [-0.3, -0.25) is 0 Å². The molecule has 1 N–H and O–H groups in total. The van der Waals surface area contributed by atoms with E-state index in [4.69, 9.17) is 0 Å². The molecule has 2 nitrogen and oxygen atoms in total. The lowest BCUT2D eigenvalue weighted by Gasteiger charge is -2.03. The van der Waals surface area contributed by atoms with Crippen molar-refractivity contribution in [2.45, 2.75) is 19.9 Å². The van der Waals surface area contributed by atoms with Crippen molar-refractivity contribution in [2.75, 3.05) is 5.32 Å². The number of nitrogens with one attached hydrogen (secondary N) is 1. The van der Waals surface area contributed by atoms with Gasteiger partial charge in [0.25, 0.3) is 0 Å². The molecule has 16 heavy (non-hydrogen) atoms. The van der Waals surface area contributed by atoms with Gasteiger partial charge in [-0.05, 0) is 46.6 Å². The molecule has 0 aliphatic heterocycles. The smallest absolute Gasteiger partial charge is 0.126 e. The lowest BCUT2D eigenvalue weighted by Crippen LogP contribution is -1.98. The highest BCUT2D eigenvalue weighted by molar-refractivity contribution is 9.10. The highest BCUT2D eigenvalue weighted by Gasteiger charge is 1.99. The van der Waals surface area contributed by atoms with Crippen molar-refractivity contribution in [3.63, 3.8) is 0 Å². The lowest BCUT2D eigenvalue weighted by atomic mass is 10.3. The second-order valence-electron chi connectivity index (χ2n) is 3.44. The summed E-state index contributed by atoms with van der Waals surface area (Å²) in [5.41, 5.74) is 0. The highest BCUT2D eigenvalue weighted by Crippen LogP contribution is 2.18. The van der Waals surface area contributed by atoms with Gasteiger partial charge in [-0.2, -0.15) is 0 Å². The highest BCUT2D eigenvalue weighted by atomic mass is 79.9. The molecule has 0 amide bonds. The average Bonchev–Trinajstić information content (AvgIpc) is 2.76. The summed E-state index contributed by atoms with van der Waals surface area (Å²) in [5, 5.41) is 3.30. The van der Waals surface area contributed by atoms with E-state index in [1.807, 2.05) is 23.5 Å². The Morgan fingerprint density at radius 2 is 2.06 bits per heavy atom. The minimum Gasteiger partial charge on any atom is -0.365 e. The van der Waals surface area contributed by atoms with E-state index >= 15 is 0 Å². The Labute approximate surface area is 108 Å². The van der Waals surface area contributed by atoms with Crippen LogP contribution in [0.5, 0.6) is 0 Å². The van der Waals surface area contributed by atoms with E-state index in [9.17, 15) is 0 Å². The zero-order valence-corrected chi connectivity index (χ0v) is 11.4. The first-order valence-electron chi connectivity index (χ1n) is 5.21. The summed E-state index contributed by atoms with van der Waals surface area (Å²) in [5.74, 6) is 0.912. The summed E-state index contributed by atoms with van der Waals surface area (Å²) in [6, 6.07) is 8.33. The number of aryl methyl sites for hydroxylation is 1. The first-order chi connectivity index (χ1) is 7.78. The Balaban J connectivity index is 1.94. The van der Waals surface area contributed by atoms with Crippen molar-refractivity contribution in [2.24, 2.45) is 0 Å². The van der Waals surface area contributed by atoms with Crippen molar-refractivity contribution < 1.29 is 0 Å². The van der Waals surface area contributed by atoms with Crippen LogP contribution in [0.2, 0.25) is 0 Å². The third-order valence-electron chi connectivity index (χ3n) is 2.24. The Morgan fingerprint density at radius 1 is 1.25 bits per heavy atom. The van der Waals surface area contributed by atoms with Gasteiger partial charge in [0.2, 0.25) is 0 Å². The lowest BCUT2D eigenvalue weighted by molar-refractivity contribution is 1.14. The molecule has 0 fully saturated rings. The Bertz CT molecular complexity index is 450. The second-order valence-corrected chi connectivity index (χ2v) is 5.61. The van der Waals surface area contributed by atoms with Gasteiger partial charge in [-0.25, -0.2) is 4.98 Å².